The van der Waals surface area contributed by atoms with E-state index in [1.807, 2.05) is 18.2 Å². The molecular weight excluding hydrogens is 569 g/mol. The van der Waals surface area contributed by atoms with Crippen LogP contribution in [-0.2, 0) is 11.3 Å². The van der Waals surface area contributed by atoms with Crippen molar-refractivity contribution in [1.29, 1.82) is 0 Å². The number of alkyl halides is 2. The topological polar surface area (TPSA) is 106 Å². The number of anilines is 1. The van der Waals surface area contributed by atoms with Gasteiger partial charge in [0.15, 0.2) is 12.3 Å². The van der Waals surface area contributed by atoms with Crippen LogP contribution < -0.4 is 11.1 Å². The largest absolute Gasteiger partial charge is 0.384 e. The number of carbonyl (C=O) groups excluding carboxylic acids is 2. The number of nitrogens with zero attached hydrogens (tertiary/aromatic N) is 4. The molecule has 2 amide bonds. The molecule has 0 bridgehead atoms. The molecule has 2 atom stereocenters. The minimum absolute atomic E-state index is 0.118. The molecule has 6 rings (SSSR count). The first kappa shape index (κ1) is 28.7. The van der Waals surface area contributed by atoms with Crippen LogP contribution in [0.15, 0.2) is 91.6 Å². The van der Waals surface area contributed by atoms with E-state index in [1.165, 1.54) is 23.2 Å². The number of carbonyl (C=O) groups is 2. The van der Waals surface area contributed by atoms with E-state index in [9.17, 15) is 22.8 Å². The highest BCUT2D eigenvalue weighted by Gasteiger charge is 2.35. The summed E-state index contributed by atoms with van der Waals surface area (Å²) in [4.78, 5) is 30.7. The summed E-state index contributed by atoms with van der Waals surface area (Å²) in [5, 5.41) is 7.52. The number of likely N-dealkylation sites (tertiary alicyclic amines) is 1. The fourth-order valence-electron chi connectivity index (χ4n) is 5.10. The average Bonchev–Trinajstić information content (AvgIpc) is 3.61. The Labute approximate surface area is 250 Å². The lowest BCUT2D eigenvalue weighted by molar-refractivity contribution is -0.115. The first-order valence-electron chi connectivity index (χ1n) is 13.8. The summed E-state index contributed by atoms with van der Waals surface area (Å²) in [7, 11) is 0. The summed E-state index contributed by atoms with van der Waals surface area (Å²) in [6, 6.07) is 21.7. The lowest BCUT2D eigenvalue weighted by atomic mass is 10.0. The van der Waals surface area contributed by atoms with E-state index in [-0.39, 0.29) is 36.9 Å². The number of nitrogen functional groups attached to an aromatic ring is 1. The van der Waals surface area contributed by atoms with Gasteiger partial charge in [-0.1, -0.05) is 18.7 Å². The quantitative estimate of drug-likeness (QED) is 0.250. The Morgan fingerprint density at radius 1 is 0.886 bits per heavy atom. The molecule has 0 radical (unpaired) electrons. The highest BCUT2D eigenvalue weighted by molar-refractivity contribution is 6.18. The van der Waals surface area contributed by atoms with Crippen molar-refractivity contribution in [3.05, 3.63) is 114 Å². The van der Waals surface area contributed by atoms with Crippen molar-refractivity contribution in [2.24, 2.45) is 0 Å². The molecule has 2 aromatic carbocycles. The minimum Gasteiger partial charge on any atom is -0.384 e. The SMILES string of the molecule is C=C(C(=O)NCc1cc2cc(-c3ccc(C(=O)N4C[C@@H](F)[C@H](F)C4)cc3)cc(-c3ccc(F)cc3)n2n1)c1ccc(N)nc1. The number of rotatable bonds is 7. The molecule has 5 aromatic rings. The van der Waals surface area contributed by atoms with Crippen LogP contribution in [0.25, 0.3) is 33.5 Å². The Morgan fingerprint density at radius 3 is 2.20 bits per heavy atom. The molecule has 1 aliphatic heterocycles. The predicted octanol–water partition coefficient (Wildman–Crippen LogP) is 5.25. The number of nitrogens with two attached hydrogens (primary N) is 1. The van der Waals surface area contributed by atoms with Crippen molar-refractivity contribution in [2.75, 3.05) is 18.8 Å². The van der Waals surface area contributed by atoms with E-state index >= 15 is 0 Å². The number of nitrogens with one attached hydrogen (secondary N) is 1. The molecule has 3 aromatic heterocycles. The van der Waals surface area contributed by atoms with Gasteiger partial charge in [-0.15, -0.1) is 0 Å². The van der Waals surface area contributed by atoms with Gasteiger partial charge in [-0.05, 0) is 77.9 Å². The third-order valence-electron chi connectivity index (χ3n) is 7.52. The average molecular weight is 597 g/mol. The van der Waals surface area contributed by atoms with E-state index in [1.54, 1.807) is 53.0 Å². The van der Waals surface area contributed by atoms with Crippen LogP contribution in [0.4, 0.5) is 19.0 Å². The van der Waals surface area contributed by atoms with Gasteiger partial charge in [0.1, 0.15) is 11.6 Å². The number of hydrogen-bond donors (Lipinski definition) is 2. The highest BCUT2D eigenvalue weighted by Crippen LogP contribution is 2.30. The molecule has 3 N–H and O–H groups in total. The van der Waals surface area contributed by atoms with Crippen molar-refractivity contribution in [3.8, 4) is 22.4 Å². The zero-order valence-corrected chi connectivity index (χ0v) is 23.4. The summed E-state index contributed by atoms with van der Waals surface area (Å²) in [6.45, 7) is 3.44. The third-order valence-corrected chi connectivity index (χ3v) is 7.52. The number of benzene rings is 2. The van der Waals surface area contributed by atoms with Crippen LogP contribution in [0.5, 0.6) is 0 Å². The second-order valence-corrected chi connectivity index (χ2v) is 10.6. The summed E-state index contributed by atoms with van der Waals surface area (Å²) in [5.74, 6) is -0.861. The first-order valence-corrected chi connectivity index (χ1v) is 13.8. The van der Waals surface area contributed by atoms with E-state index in [2.05, 4.69) is 16.9 Å². The molecule has 1 fully saturated rings. The molecule has 0 aliphatic carbocycles. The third kappa shape index (κ3) is 5.76. The fourth-order valence-corrected chi connectivity index (χ4v) is 5.10. The van der Waals surface area contributed by atoms with Crippen LogP contribution >= 0.6 is 0 Å². The monoisotopic (exact) mass is 596 g/mol. The summed E-state index contributed by atoms with van der Waals surface area (Å²) in [6.07, 6.45) is -1.88. The Balaban J connectivity index is 1.28. The Morgan fingerprint density at radius 2 is 1.55 bits per heavy atom. The molecule has 8 nitrogen and oxygen atoms in total. The number of pyridine rings is 2. The van der Waals surface area contributed by atoms with E-state index < -0.39 is 18.3 Å². The van der Waals surface area contributed by atoms with Gasteiger partial charge < -0.3 is 16.0 Å². The molecule has 0 spiro atoms. The van der Waals surface area contributed by atoms with Gasteiger partial charge in [0, 0.05) is 28.5 Å². The molecule has 222 valence electrons. The van der Waals surface area contributed by atoms with Gasteiger partial charge in [0.25, 0.3) is 11.8 Å². The number of amides is 2. The normalized spacial score (nSPS) is 16.3. The maximum absolute atomic E-state index is 13.8. The Bertz CT molecular complexity index is 1860. The summed E-state index contributed by atoms with van der Waals surface area (Å²) in [5.41, 5.74) is 11.0. The number of aromatic nitrogens is 3. The first-order chi connectivity index (χ1) is 21.2. The van der Waals surface area contributed by atoms with Crippen LogP contribution in [0.2, 0.25) is 0 Å². The second kappa shape index (κ2) is 11.7. The predicted molar refractivity (Wildman–Crippen MR) is 161 cm³/mol. The molecule has 11 heteroatoms. The highest BCUT2D eigenvalue weighted by atomic mass is 19.2. The molecule has 1 saturated heterocycles. The molecule has 4 heterocycles. The van der Waals surface area contributed by atoms with E-state index in [0.717, 1.165) is 11.1 Å². The van der Waals surface area contributed by atoms with Crippen molar-refractivity contribution < 1.29 is 22.8 Å². The lowest BCUT2D eigenvalue weighted by Crippen LogP contribution is -2.29. The van der Waals surface area contributed by atoms with Gasteiger partial charge in [0.05, 0.1) is 36.5 Å². The number of hydrogen-bond acceptors (Lipinski definition) is 5. The van der Waals surface area contributed by atoms with Crippen LogP contribution in [0, 0.1) is 5.82 Å². The minimum atomic E-state index is -1.68. The van der Waals surface area contributed by atoms with Crippen molar-refractivity contribution in [2.45, 2.75) is 18.9 Å². The van der Waals surface area contributed by atoms with Gasteiger partial charge in [0.2, 0.25) is 0 Å². The van der Waals surface area contributed by atoms with E-state index in [4.69, 9.17) is 10.8 Å². The standard InChI is InChI=1S/C33H27F3N6O2/c1-19(23-8-11-31(37)38-15-23)32(43)39-16-26-14-27-12-24(13-30(42(27)40-26)21-6-9-25(34)10-7-21)20-2-4-22(5-3-20)33(44)41-17-28(35)29(36)18-41/h2-15,28-29H,1,16-18H2,(H2,37,38)(H,39,43)/t28-,29-/m1/s1. The molecule has 44 heavy (non-hydrogen) atoms. The zero-order chi connectivity index (χ0) is 31.0. The van der Waals surface area contributed by atoms with Crippen LogP contribution in [-0.4, -0.2) is 56.7 Å². The molecule has 0 unspecified atom stereocenters. The van der Waals surface area contributed by atoms with Gasteiger partial charge in [-0.2, -0.15) is 5.10 Å². The maximum atomic E-state index is 13.8. The smallest absolute Gasteiger partial charge is 0.254 e. The number of fused-ring (bicyclic) bond motifs is 1. The molecule has 0 saturated carbocycles. The summed E-state index contributed by atoms with van der Waals surface area (Å²) < 4.78 is 42.7. The van der Waals surface area contributed by atoms with Gasteiger partial charge >= 0.3 is 0 Å². The van der Waals surface area contributed by atoms with Crippen molar-refractivity contribution in [3.63, 3.8) is 0 Å². The van der Waals surface area contributed by atoms with Crippen molar-refractivity contribution >= 4 is 28.7 Å². The van der Waals surface area contributed by atoms with E-state index in [0.29, 0.717) is 39.4 Å². The molecular formula is C33H27F3N6O2. The Hall–Kier alpha value is -5.45. The molecule has 1 aliphatic rings. The maximum Gasteiger partial charge on any atom is 0.254 e. The van der Waals surface area contributed by atoms with Gasteiger partial charge in [-0.3, -0.25) is 9.59 Å². The fraction of sp³-hybridized carbons (Fsp3) is 0.152. The summed E-state index contributed by atoms with van der Waals surface area (Å²) >= 11 is 0. The lowest BCUT2D eigenvalue weighted by Gasteiger charge is -2.15. The van der Waals surface area contributed by atoms with Crippen molar-refractivity contribution in [1.82, 2.24) is 24.8 Å². The van der Waals surface area contributed by atoms with Crippen LogP contribution in [0.3, 0.4) is 0 Å². The Kier molecular flexibility index (Phi) is 7.60. The van der Waals surface area contributed by atoms with Crippen LogP contribution in [0.1, 0.15) is 21.6 Å². The zero-order valence-electron chi connectivity index (χ0n) is 23.4. The van der Waals surface area contributed by atoms with Gasteiger partial charge in [-0.25, -0.2) is 22.7 Å². The number of halogens is 3. The second-order valence-electron chi connectivity index (χ2n) is 10.6.